The summed E-state index contributed by atoms with van der Waals surface area (Å²) in [4.78, 5) is 15.3. The lowest BCUT2D eigenvalue weighted by atomic mass is 10.1. The van der Waals surface area contributed by atoms with Crippen molar-refractivity contribution in [1.29, 1.82) is 0 Å². The molecule has 3 rings (SSSR count). The molecule has 0 unspecified atom stereocenters. The van der Waals surface area contributed by atoms with Gasteiger partial charge in [0.25, 0.3) is 5.91 Å². The smallest absolute Gasteiger partial charge is 0.254 e. The first-order valence-corrected chi connectivity index (χ1v) is 11.8. The van der Waals surface area contributed by atoms with E-state index in [1.807, 2.05) is 49.1 Å². The summed E-state index contributed by atoms with van der Waals surface area (Å²) in [6, 6.07) is 16.4. The molecule has 2 aromatic carbocycles. The van der Waals surface area contributed by atoms with Crippen LogP contribution in [0.1, 0.15) is 55.5 Å². The molecule has 1 aliphatic rings. The van der Waals surface area contributed by atoms with Gasteiger partial charge < -0.3 is 4.90 Å². The van der Waals surface area contributed by atoms with E-state index in [-0.39, 0.29) is 16.8 Å². The molecule has 0 N–H and O–H groups in total. The zero-order chi connectivity index (χ0) is 20.9. The zero-order valence-corrected chi connectivity index (χ0v) is 18.1. The van der Waals surface area contributed by atoms with E-state index in [1.165, 1.54) is 10.4 Å². The van der Waals surface area contributed by atoms with Gasteiger partial charge in [0, 0.05) is 31.2 Å². The summed E-state index contributed by atoms with van der Waals surface area (Å²) in [6.07, 6.45) is 3.66. The van der Waals surface area contributed by atoms with Crippen LogP contribution in [0.4, 0.5) is 0 Å². The molecule has 0 aliphatic carbocycles. The van der Waals surface area contributed by atoms with E-state index in [4.69, 9.17) is 0 Å². The summed E-state index contributed by atoms with van der Waals surface area (Å²) in [5, 5.41) is 0. The van der Waals surface area contributed by atoms with Crippen molar-refractivity contribution in [2.45, 2.75) is 57.0 Å². The highest BCUT2D eigenvalue weighted by Gasteiger charge is 2.27. The predicted molar refractivity (Wildman–Crippen MR) is 115 cm³/mol. The highest BCUT2D eigenvalue weighted by atomic mass is 32.2. The van der Waals surface area contributed by atoms with Crippen LogP contribution < -0.4 is 0 Å². The van der Waals surface area contributed by atoms with E-state index in [2.05, 4.69) is 0 Å². The summed E-state index contributed by atoms with van der Waals surface area (Å²) in [6.45, 7) is 5.67. The van der Waals surface area contributed by atoms with Gasteiger partial charge in [-0.15, -0.1) is 0 Å². The molecule has 6 heteroatoms. The minimum Gasteiger partial charge on any atom is -0.332 e. The third-order valence-corrected chi connectivity index (χ3v) is 7.51. The Morgan fingerprint density at radius 2 is 1.72 bits per heavy atom. The van der Waals surface area contributed by atoms with Crippen LogP contribution in [0.5, 0.6) is 0 Å². The SMILES string of the molecule is CC[C@@H](C)N(Cc1ccccc1)C(=O)c1cccc(S(=O)(=O)N2CCCCC2)c1. The molecular formula is C23H30N2O3S. The Kier molecular flexibility index (Phi) is 7.09. The van der Waals surface area contributed by atoms with Crippen LogP contribution in [0.15, 0.2) is 59.5 Å². The van der Waals surface area contributed by atoms with Gasteiger partial charge in [0.15, 0.2) is 0 Å². The van der Waals surface area contributed by atoms with Crippen LogP contribution in [0.25, 0.3) is 0 Å². The Morgan fingerprint density at radius 3 is 2.38 bits per heavy atom. The van der Waals surface area contributed by atoms with E-state index in [0.29, 0.717) is 25.2 Å². The van der Waals surface area contributed by atoms with Crippen molar-refractivity contribution >= 4 is 15.9 Å². The number of rotatable bonds is 7. The fraction of sp³-hybridized carbons (Fsp3) is 0.435. The molecule has 1 atom stereocenters. The standard InChI is InChI=1S/C23H30N2O3S/c1-3-19(2)25(18-20-11-6-4-7-12-20)23(26)21-13-10-14-22(17-21)29(27,28)24-15-8-5-9-16-24/h4,6-7,10-14,17,19H,3,5,8-9,15-16,18H2,1-2H3/t19-/m1/s1. The summed E-state index contributed by atoms with van der Waals surface area (Å²) in [5.41, 5.74) is 1.47. The maximum atomic E-state index is 13.3. The van der Waals surface area contributed by atoms with E-state index in [1.54, 1.807) is 18.2 Å². The molecule has 0 saturated carbocycles. The highest BCUT2D eigenvalue weighted by molar-refractivity contribution is 7.89. The predicted octanol–water partition coefficient (Wildman–Crippen LogP) is 4.30. The van der Waals surface area contributed by atoms with Crippen LogP contribution in [-0.2, 0) is 16.6 Å². The molecule has 1 amide bonds. The second-order valence-corrected chi connectivity index (χ2v) is 9.61. The monoisotopic (exact) mass is 414 g/mol. The average Bonchev–Trinajstić information content (AvgIpc) is 2.78. The van der Waals surface area contributed by atoms with Crippen LogP contribution in [0.3, 0.4) is 0 Å². The van der Waals surface area contributed by atoms with E-state index >= 15 is 0 Å². The lowest BCUT2D eigenvalue weighted by molar-refractivity contribution is 0.0671. The Bertz CT molecular complexity index is 922. The second-order valence-electron chi connectivity index (χ2n) is 7.67. The van der Waals surface area contributed by atoms with Gasteiger partial charge in [0.2, 0.25) is 10.0 Å². The number of sulfonamides is 1. The quantitative estimate of drug-likeness (QED) is 0.679. The Labute approximate surface area is 174 Å². The number of carbonyl (C=O) groups excluding carboxylic acids is 1. The summed E-state index contributed by atoms with van der Waals surface area (Å²) >= 11 is 0. The topological polar surface area (TPSA) is 57.7 Å². The van der Waals surface area contributed by atoms with E-state index in [0.717, 1.165) is 31.2 Å². The largest absolute Gasteiger partial charge is 0.332 e. The minimum atomic E-state index is -3.57. The Hall–Kier alpha value is -2.18. The van der Waals surface area contributed by atoms with Gasteiger partial charge in [-0.25, -0.2) is 8.42 Å². The fourth-order valence-corrected chi connectivity index (χ4v) is 5.20. The van der Waals surface area contributed by atoms with Crippen molar-refractivity contribution in [2.24, 2.45) is 0 Å². The van der Waals surface area contributed by atoms with Gasteiger partial charge in [-0.3, -0.25) is 4.79 Å². The number of amides is 1. The minimum absolute atomic E-state index is 0.0464. The summed E-state index contributed by atoms with van der Waals surface area (Å²) in [7, 11) is -3.57. The lowest BCUT2D eigenvalue weighted by Crippen LogP contribution is -2.38. The van der Waals surface area contributed by atoms with E-state index < -0.39 is 10.0 Å². The van der Waals surface area contributed by atoms with Crippen molar-refractivity contribution in [3.63, 3.8) is 0 Å². The van der Waals surface area contributed by atoms with Crippen LogP contribution in [0.2, 0.25) is 0 Å². The summed E-state index contributed by atoms with van der Waals surface area (Å²) in [5.74, 6) is -0.140. The molecule has 156 valence electrons. The molecule has 1 heterocycles. The van der Waals surface area contributed by atoms with Crippen molar-refractivity contribution in [3.05, 3.63) is 65.7 Å². The molecule has 1 aliphatic heterocycles. The molecule has 0 radical (unpaired) electrons. The van der Waals surface area contributed by atoms with Crippen molar-refractivity contribution in [1.82, 2.24) is 9.21 Å². The molecule has 2 aromatic rings. The van der Waals surface area contributed by atoms with Crippen molar-refractivity contribution in [2.75, 3.05) is 13.1 Å². The molecule has 0 aromatic heterocycles. The van der Waals surface area contributed by atoms with E-state index in [9.17, 15) is 13.2 Å². The second kappa shape index (κ2) is 9.55. The third-order valence-electron chi connectivity index (χ3n) is 5.61. The Morgan fingerprint density at radius 1 is 1.03 bits per heavy atom. The number of carbonyl (C=O) groups is 1. The first-order chi connectivity index (χ1) is 13.9. The van der Waals surface area contributed by atoms with Gasteiger partial charge in [0.05, 0.1) is 4.90 Å². The number of nitrogens with zero attached hydrogens (tertiary/aromatic N) is 2. The fourth-order valence-electron chi connectivity index (χ4n) is 3.64. The number of hydrogen-bond acceptors (Lipinski definition) is 3. The average molecular weight is 415 g/mol. The molecule has 29 heavy (non-hydrogen) atoms. The maximum absolute atomic E-state index is 13.3. The first kappa shape index (κ1) is 21.5. The normalized spacial score (nSPS) is 16.3. The summed E-state index contributed by atoms with van der Waals surface area (Å²) < 4.78 is 27.6. The molecule has 1 fully saturated rings. The number of hydrogen-bond donors (Lipinski definition) is 0. The molecule has 0 bridgehead atoms. The van der Waals surface area contributed by atoms with Crippen LogP contribution in [-0.4, -0.2) is 42.7 Å². The molecule has 5 nitrogen and oxygen atoms in total. The number of piperidine rings is 1. The first-order valence-electron chi connectivity index (χ1n) is 10.4. The van der Waals surface area contributed by atoms with Gasteiger partial charge in [-0.2, -0.15) is 4.31 Å². The van der Waals surface area contributed by atoms with Gasteiger partial charge in [-0.05, 0) is 49.9 Å². The highest BCUT2D eigenvalue weighted by Crippen LogP contribution is 2.23. The van der Waals surface area contributed by atoms with Crippen molar-refractivity contribution in [3.8, 4) is 0 Å². The molecular weight excluding hydrogens is 384 g/mol. The Balaban J connectivity index is 1.88. The van der Waals surface area contributed by atoms with Gasteiger partial charge >= 0.3 is 0 Å². The zero-order valence-electron chi connectivity index (χ0n) is 17.3. The van der Waals surface area contributed by atoms with Crippen LogP contribution >= 0.6 is 0 Å². The molecule has 1 saturated heterocycles. The lowest BCUT2D eigenvalue weighted by Gasteiger charge is -2.29. The molecule has 0 spiro atoms. The van der Waals surface area contributed by atoms with Gasteiger partial charge in [0.1, 0.15) is 0 Å². The third kappa shape index (κ3) is 5.06. The maximum Gasteiger partial charge on any atom is 0.254 e. The van der Waals surface area contributed by atoms with Crippen molar-refractivity contribution < 1.29 is 13.2 Å². The van der Waals surface area contributed by atoms with Crippen LogP contribution in [0, 0.1) is 0 Å². The van der Waals surface area contributed by atoms with Gasteiger partial charge in [-0.1, -0.05) is 49.7 Å². The number of benzene rings is 2.